The normalized spacial score (nSPS) is 37.0. The van der Waals surface area contributed by atoms with E-state index in [1.165, 1.54) is 18.4 Å². The van der Waals surface area contributed by atoms with Gasteiger partial charge in [-0.25, -0.2) is 0 Å². The second kappa shape index (κ2) is 3.79. The summed E-state index contributed by atoms with van der Waals surface area (Å²) in [6.07, 6.45) is 3.55. The van der Waals surface area contributed by atoms with E-state index in [4.69, 9.17) is 4.74 Å². The minimum absolute atomic E-state index is 0.0706. The number of nitrogens with zero attached hydrogens (tertiary/aromatic N) is 3. The summed E-state index contributed by atoms with van der Waals surface area (Å²) in [6.45, 7) is 1.74. The van der Waals surface area contributed by atoms with Crippen molar-refractivity contribution < 1.29 is 4.74 Å². The number of rotatable bonds is 2. The molecule has 0 bridgehead atoms. The average Bonchev–Trinajstić information content (AvgIpc) is 3.04. The van der Waals surface area contributed by atoms with Gasteiger partial charge in [-0.2, -0.15) is 5.11 Å². The van der Waals surface area contributed by atoms with E-state index < -0.39 is 0 Å². The predicted molar refractivity (Wildman–Crippen MR) is 67.0 cm³/mol. The minimum Gasteiger partial charge on any atom is -0.367 e. The molecule has 2 aliphatic heterocycles. The summed E-state index contributed by atoms with van der Waals surface area (Å²) in [6, 6.07) is 11.2. The first-order valence-electron chi connectivity index (χ1n) is 6.73. The average molecular weight is 243 g/mol. The van der Waals surface area contributed by atoms with Gasteiger partial charge in [-0.1, -0.05) is 35.6 Å². The molecule has 0 radical (unpaired) electrons. The molecule has 4 nitrogen and oxygen atoms in total. The highest BCUT2D eigenvalue weighted by atomic mass is 16.6. The van der Waals surface area contributed by atoms with Gasteiger partial charge in [0, 0.05) is 0 Å². The van der Waals surface area contributed by atoms with Crippen molar-refractivity contribution in [3.05, 3.63) is 35.9 Å². The van der Waals surface area contributed by atoms with Crippen molar-refractivity contribution in [3.8, 4) is 0 Å². The van der Waals surface area contributed by atoms with Gasteiger partial charge >= 0.3 is 0 Å². The molecule has 2 fully saturated rings. The molecule has 0 amide bonds. The molecule has 1 saturated carbocycles. The SMILES string of the molecule is c1ccc(CN2N=NC3CCCC4(CO4)C32)cc1. The molecule has 1 aromatic rings. The Kier molecular flexibility index (Phi) is 2.21. The molecule has 0 N–H and O–H groups in total. The first-order valence-corrected chi connectivity index (χ1v) is 6.73. The third-order valence-corrected chi connectivity index (χ3v) is 4.34. The molecule has 1 aliphatic carbocycles. The van der Waals surface area contributed by atoms with Gasteiger partial charge in [0.2, 0.25) is 0 Å². The van der Waals surface area contributed by atoms with Gasteiger partial charge in [0.1, 0.15) is 11.6 Å². The summed E-state index contributed by atoms with van der Waals surface area (Å²) < 4.78 is 5.76. The van der Waals surface area contributed by atoms with E-state index in [1.807, 2.05) is 6.07 Å². The second-order valence-corrected chi connectivity index (χ2v) is 5.55. The molecule has 2 heterocycles. The first kappa shape index (κ1) is 10.5. The summed E-state index contributed by atoms with van der Waals surface area (Å²) >= 11 is 0. The Morgan fingerprint density at radius 3 is 2.94 bits per heavy atom. The Bertz CT molecular complexity index is 469. The lowest BCUT2D eigenvalue weighted by atomic mass is 9.81. The lowest BCUT2D eigenvalue weighted by Gasteiger charge is -2.34. The van der Waals surface area contributed by atoms with Crippen molar-refractivity contribution >= 4 is 0 Å². The van der Waals surface area contributed by atoms with Crippen LogP contribution in [0.15, 0.2) is 40.7 Å². The molecule has 0 aromatic heterocycles. The zero-order chi connectivity index (χ0) is 12.0. The van der Waals surface area contributed by atoms with Crippen LogP contribution < -0.4 is 0 Å². The number of hydrogen-bond donors (Lipinski definition) is 0. The van der Waals surface area contributed by atoms with Gasteiger partial charge in [-0.15, -0.1) is 0 Å². The number of ether oxygens (including phenoxy) is 1. The van der Waals surface area contributed by atoms with Crippen molar-refractivity contribution in [2.24, 2.45) is 10.3 Å². The van der Waals surface area contributed by atoms with Crippen molar-refractivity contribution in [2.45, 2.75) is 43.5 Å². The Hall–Kier alpha value is -1.42. The minimum atomic E-state index is 0.0706. The highest BCUT2D eigenvalue weighted by Crippen LogP contribution is 2.47. The number of epoxide rings is 1. The largest absolute Gasteiger partial charge is 0.367 e. The predicted octanol–water partition coefficient (Wildman–Crippen LogP) is 2.56. The van der Waals surface area contributed by atoms with Gasteiger partial charge < -0.3 is 4.74 Å². The van der Waals surface area contributed by atoms with Crippen LogP contribution in [-0.4, -0.2) is 29.3 Å². The van der Waals surface area contributed by atoms with Crippen molar-refractivity contribution in [1.29, 1.82) is 0 Å². The van der Waals surface area contributed by atoms with Gasteiger partial charge in [-0.3, -0.25) is 5.01 Å². The van der Waals surface area contributed by atoms with E-state index >= 15 is 0 Å². The maximum Gasteiger partial charge on any atom is 0.116 e. The molecular formula is C14H17N3O. The standard InChI is InChI=1S/C14H17N3O/c1-2-5-11(6-3-1)9-17-13-12(15-16-17)7-4-8-14(13)10-18-14/h1-3,5-6,12-13H,4,7-10H2. The quantitative estimate of drug-likeness (QED) is 0.749. The Balaban J connectivity index is 1.57. The maximum atomic E-state index is 5.76. The molecule has 18 heavy (non-hydrogen) atoms. The van der Waals surface area contributed by atoms with Crippen LogP contribution in [0.3, 0.4) is 0 Å². The van der Waals surface area contributed by atoms with E-state index in [9.17, 15) is 0 Å². The molecule has 1 aromatic carbocycles. The van der Waals surface area contributed by atoms with E-state index in [0.29, 0.717) is 12.1 Å². The Morgan fingerprint density at radius 2 is 2.17 bits per heavy atom. The number of benzene rings is 1. The fourth-order valence-electron chi connectivity index (χ4n) is 3.35. The summed E-state index contributed by atoms with van der Waals surface area (Å²) in [5.74, 6) is 0. The van der Waals surface area contributed by atoms with Crippen LogP contribution in [0.2, 0.25) is 0 Å². The lowest BCUT2D eigenvalue weighted by molar-refractivity contribution is 0.0840. The second-order valence-electron chi connectivity index (χ2n) is 5.55. The molecule has 3 aliphatic rings. The van der Waals surface area contributed by atoms with Crippen LogP contribution in [-0.2, 0) is 11.3 Å². The van der Waals surface area contributed by atoms with Gasteiger partial charge in [-0.05, 0) is 24.8 Å². The molecular weight excluding hydrogens is 226 g/mol. The van der Waals surface area contributed by atoms with E-state index in [-0.39, 0.29) is 5.60 Å². The van der Waals surface area contributed by atoms with E-state index in [0.717, 1.165) is 19.6 Å². The summed E-state index contributed by atoms with van der Waals surface area (Å²) in [4.78, 5) is 0. The molecule has 4 heteroatoms. The fraction of sp³-hybridized carbons (Fsp3) is 0.571. The van der Waals surface area contributed by atoms with Crippen LogP contribution in [0.1, 0.15) is 24.8 Å². The third kappa shape index (κ3) is 1.56. The topological polar surface area (TPSA) is 40.5 Å². The fourth-order valence-corrected chi connectivity index (χ4v) is 3.35. The monoisotopic (exact) mass is 243 g/mol. The number of hydrogen-bond acceptors (Lipinski definition) is 4. The van der Waals surface area contributed by atoms with E-state index in [2.05, 4.69) is 39.6 Å². The van der Waals surface area contributed by atoms with Crippen LogP contribution in [0.4, 0.5) is 0 Å². The molecule has 94 valence electrons. The maximum absolute atomic E-state index is 5.76. The van der Waals surface area contributed by atoms with Crippen LogP contribution in [0.5, 0.6) is 0 Å². The summed E-state index contributed by atoms with van der Waals surface area (Å²) in [5.41, 5.74) is 1.36. The zero-order valence-corrected chi connectivity index (χ0v) is 10.3. The third-order valence-electron chi connectivity index (χ3n) is 4.34. The van der Waals surface area contributed by atoms with Gasteiger partial charge in [0.25, 0.3) is 0 Å². The smallest absolute Gasteiger partial charge is 0.116 e. The summed E-state index contributed by atoms with van der Waals surface area (Å²) in [5, 5.41) is 11.0. The Labute approximate surface area is 107 Å². The molecule has 1 saturated heterocycles. The van der Waals surface area contributed by atoms with Gasteiger partial charge in [0.05, 0.1) is 19.2 Å². The lowest BCUT2D eigenvalue weighted by Crippen LogP contribution is -2.49. The highest BCUT2D eigenvalue weighted by molar-refractivity contribution is 5.17. The zero-order valence-electron chi connectivity index (χ0n) is 10.3. The van der Waals surface area contributed by atoms with Gasteiger partial charge in [0.15, 0.2) is 0 Å². The molecule has 4 rings (SSSR count). The van der Waals surface area contributed by atoms with Crippen LogP contribution in [0.25, 0.3) is 0 Å². The number of fused-ring (bicyclic) bond motifs is 2. The highest BCUT2D eigenvalue weighted by Gasteiger charge is 2.60. The molecule has 1 spiro atoms. The van der Waals surface area contributed by atoms with Crippen molar-refractivity contribution in [2.75, 3.05) is 6.61 Å². The Morgan fingerprint density at radius 1 is 1.33 bits per heavy atom. The summed E-state index contributed by atoms with van der Waals surface area (Å²) in [7, 11) is 0. The molecule has 3 unspecified atom stereocenters. The van der Waals surface area contributed by atoms with Crippen LogP contribution in [0, 0.1) is 0 Å². The van der Waals surface area contributed by atoms with Crippen molar-refractivity contribution in [3.63, 3.8) is 0 Å². The van der Waals surface area contributed by atoms with Crippen LogP contribution >= 0.6 is 0 Å². The van der Waals surface area contributed by atoms with Crippen molar-refractivity contribution in [1.82, 2.24) is 5.01 Å². The molecule has 3 atom stereocenters. The van der Waals surface area contributed by atoms with E-state index in [1.54, 1.807) is 0 Å². The first-order chi connectivity index (χ1) is 8.87.